The van der Waals surface area contributed by atoms with Crippen molar-refractivity contribution in [2.45, 2.75) is 6.92 Å². The topological polar surface area (TPSA) is 89.3 Å². The normalized spacial score (nSPS) is 11.4. The lowest BCUT2D eigenvalue weighted by molar-refractivity contribution is 0.881. The Hall–Kier alpha value is -3.61. The molecule has 0 spiro atoms. The Morgan fingerprint density at radius 2 is 1.84 bits per heavy atom. The number of nitrogens with zero attached hydrogens (tertiary/aromatic N) is 5. The number of H-pyrrole nitrogens is 1. The summed E-state index contributed by atoms with van der Waals surface area (Å²) in [7, 11) is 0. The SMILES string of the molecule is Cc1ccccc1-n1c(C=Cc2nn[nH]n2)nc2ccccc2c1=O. The molecule has 0 radical (unpaired) electrons. The maximum Gasteiger partial charge on any atom is 0.266 e. The molecule has 0 saturated carbocycles. The van der Waals surface area contributed by atoms with Crippen LogP contribution in [0.3, 0.4) is 0 Å². The number of tetrazole rings is 1. The third-order valence-corrected chi connectivity index (χ3v) is 3.90. The van der Waals surface area contributed by atoms with Crippen LogP contribution in [0, 0.1) is 6.92 Å². The van der Waals surface area contributed by atoms with Crippen molar-refractivity contribution < 1.29 is 0 Å². The van der Waals surface area contributed by atoms with Crippen molar-refractivity contribution in [1.82, 2.24) is 30.2 Å². The number of benzene rings is 2. The first kappa shape index (κ1) is 14.9. The molecule has 0 atom stereocenters. The minimum Gasteiger partial charge on any atom is -0.268 e. The van der Waals surface area contributed by atoms with E-state index >= 15 is 0 Å². The molecule has 0 fully saturated rings. The van der Waals surface area contributed by atoms with Crippen molar-refractivity contribution >= 4 is 23.1 Å². The van der Waals surface area contributed by atoms with Crippen LogP contribution in [0.1, 0.15) is 17.2 Å². The summed E-state index contributed by atoms with van der Waals surface area (Å²) < 4.78 is 1.61. The molecule has 2 aromatic carbocycles. The van der Waals surface area contributed by atoms with Crippen LogP contribution in [0.25, 0.3) is 28.7 Å². The fraction of sp³-hybridized carbons (Fsp3) is 0.0556. The highest BCUT2D eigenvalue weighted by Gasteiger charge is 2.12. The third kappa shape index (κ3) is 2.72. The maximum atomic E-state index is 13.1. The molecule has 2 aromatic heterocycles. The van der Waals surface area contributed by atoms with Crippen LogP contribution < -0.4 is 5.56 Å². The van der Waals surface area contributed by atoms with Crippen LogP contribution in [0.4, 0.5) is 0 Å². The molecule has 1 N–H and O–H groups in total. The van der Waals surface area contributed by atoms with Crippen LogP contribution in [0.15, 0.2) is 53.3 Å². The van der Waals surface area contributed by atoms with Crippen molar-refractivity contribution in [2.24, 2.45) is 0 Å². The molecule has 0 aliphatic carbocycles. The summed E-state index contributed by atoms with van der Waals surface area (Å²) in [5, 5.41) is 14.3. The van der Waals surface area contributed by atoms with Gasteiger partial charge in [-0.1, -0.05) is 30.3 Å². The zero-order valence-corrected chi connectivity index (χ0v) is 13.4. The fourth-order valence-electron chi connectivity index (χ4n) is 2.70. The third-order valence-electron chi connectivity index (χ3n) is 3.90. The molecule has 0 saturated heterocycles. The lowest BCUT2D eigenvalue weighted by atomic mass is 10.1. The van der Waals surface area contributed by atoms with Crippen molar-refractivity contribution in [3.05, 3.63) is 76.1 Å². The summed E-state index contributed by atoms with van der Waals surface area (Å²) in [5.41, 5.74) is 2.30. The van der Waals surface area contributed by atoms with E-state index in [0.29, 0.717) is 22.6 Å². The van der Waals surface area contributed by atoms with E-state index in [0.717, 1.165) is 11.3 Å². The lowest BCUT2D eigenvalue weighted by Gasteiger charge is -2.13. The number of nitrogens with one attached hydrogen (secondary N) is 1. The highest BCUT2D eigenvalue weighted by Crippen LogP contribution is 2.17. The van der Waals surface area contributed by atoms with Gasteiger partial charge in [0, 0.05) is 0 Å². The van der Waals surface area contributed by atoms with E-state index in [-0.39, 0.29) is 5.56 Å². The monoisotopic (exact) mass is 330 g/mol. The van der Waals surface area contributed by atoms with E-state index < -0.39 is 0 Å². The Morgan fingerprint density at radius 1 is 1.04 bits per heavy atom. The predicted octanol–water partition coefficient (Wildman–Crippen LogP) is 2.38. The number of hydrogen-bond donors (Lipinski definition) is 1. The van der Waals surface area contributed by atoms with Crippen molar-refractivity contribution in [3.8, 4) is 5.69 Å². The highest BCUT2D eigenvalue weighted by molar-refractivity contribution is 5.79. The largest absolute Gasteiger partial charge is 0.268 e. The summed E-state index contributed by atoms with van der Waals surface area (Å²) in [5.74, 6) is 0.918. The molecule has 0 amide bonds. The number of aryl methyl sites for hydroxylation is 1. The lowest BCUT2D eigenvalue weighted by Crippen LogP contribution is -2.23. The number of fused-ring (bicyclic) bond motifs is 1. The summed E-state index contributed by atoms with van der Waals surface area (Å²) >= 11 is 0. The van der Waals surface area contributed by atoms with Crippen molar-refractivity contribution in [1.29, 1.82) is 0 Å². The number of aromatic amines is 1. The first-order valence-corrected chi connectivity index (χ1v) is 7.73. The Balaban J connectivity index is 2.01. The Morgan fingerprint density at radius 3 is 2.64 bits per heavy atom. The van der Waals surface area contributed by atoms with Crippen LogP contribution in [0.2, 0.25) is 0 Å². The van der Waals surface area contributed by atoms with E-state index in [4.69, 9.17) is 0 Å². The molecule has 0 aliphatic heterocycles. The zero-order chi connectivity index (χ0) is 17.2. The summed E-state index contributed by atoms with van der Waals surface area (Å²) in [6.45, 7) is 1.96. The average molecular weight is 330 g/mol. The molecular formula is C18H14N6O. The molecule has 0 unspecified atom stereocenters. The van der Waals surface area contributed by atoms with Gasteiger partial charge in [0.05, 0.1) is 16.6 Å². The average Bonchev–Trinajstić information content (AvgIpc) is 3.15. The molecular weight excluding hydrogens is 316 g/mol. The van der Waals surface area contributed by atoms with Gasteiger partial charge in [0.1, 0.15) is 5.82 Å². The van der Waals surface area contributed by atoms with Gasteiger partial charge in [-0.15, -0.1) is 10.2 Å². The van der Waals surface area contributed by atoms with E-state index in [9.17, 15) is 4.79 Å². The molecule has 7 nitrogen and oxygen atoms in total. The second kappa shape index (κ2) is 6.12. The minimum absolute atomic E-state index is 0.118. The van der Waals surface area contributed by atoms with E-state index in [1.54, 1.807) is 22.8 Å². The van der Waals surface area contributed by atoms with Gasteiger partial charge in [-0.25, -0.2) is 4.98 Å². The van der Waals surface area contributed by atoms with Gasteiger partial charge in [0.2, 0.25) is 0 Å². The van der Waals surface area contributed by atoms with Gasteiger partial charge >= 0.3 is 0 Å². The second-order valence-corrected chi connectivity index (χ2v) is 5.52. The maximum absolute atomic E-state index is 13.1. The molecule has 4 rings (SSSR count). The van der Waals surface area contributed by atoms with E-state index in [2.05, 4.69) is 25.6 Å². The second-order valence-electron chi connectivity index (χ2n) is 5.52. The number of hydrogen-bond acceptors (Lipinski definition) is 5. The van der Waals surface area contributed by atoms with Crippen molar-refractivity contribution in [3.63, 3.8) is 0 Å². The van der Waals surface area contributed by atoms with E-state index in [1.807, 2.05) is 49.4 Å². The Kier molecular flexibility index (Phi) is 3.66. The number of rotatable bonds is 3. The smallest absolute Gasteiger partial charge is 0.266 e. The van der Waals surface area contributed by atoms with Gasteiger partial charge < -0.3 is 0 Å². The Labute approximate surface area is 142 Å². The van der Waals surface area contributed by atoms with Crippen molar-refractivity contribution in [2.75, 3.05) is 0 Å². The fourth-order valence-corrected chi connectivity index (χ4v) is 2.70. The van der Waals surface area contributed by atoms with Gasteiger partial charge in [-0.05, 0) is 48.1 Å². The van der Waals surface area contributed by atoms with Crippen LogP contribution in [0.5, 0.6) is 0 Å². The first-order valence-electron chi connectivity index (χ1n) is 7.73. The van der Waals surface area contributed by atoms with Gasteiger partial charge in [-0.3, -0.25) is 9.36 Å². The highest BCUT2D eigenvalue weighted by atomic mass is 16.1. The molecule has 0 bridgehead atoms. The molecule has 4 aromatic rings. The summed E-state index contributed by atoms with van der Waals surface area (Å²) in [6, 6.07) is 15.0. The van der Waals surface area contributed by atoms with Gasteiger partial charge in [0.15, 0.2) is 5.82 Å². The molecule has 0 aliphatic rings. The zero-order valence-electron chi connectivity index (χ0n) is 13.4. The molecule has 25 heavy (non-hydrogen) atoms. The quantitative estimate of drug-likeness (QED) is 0.623. The molecule has 7 heteroatoms. The van der Waals surface area contributed by atoms with E-state index in [1.165, 1.54) is 0 Å². The van der Waals surface area contributed by atoms with Crippen LogP contribution in [-0.2, 0) is 0 Å². The van der Waals surface area contributed by atoms with Crippen LogP contribution in [-0.4, -0.2) is 30.2 Å². The number of para-hydroxylation sites is 2. The van der Waals surface area contributed by atoms with Gasteiger partial charge in [-0.2, -0.15) is 5.21 Å². The molecule has 122 valence electrons. The minimum atomic E-state index is -0.118. The standard InChI is InChI=1S/C18H14N6O/c1-12-6-2-5-9-15(12)24-17(11-10-16-20-22-23-21-16)19-14-8-4-3-7-13(14)18(24)25/h2-11H,1H3,(H,20,21,22,23). The number of aromatic nitrogens is 6. The first-order chi connectivity index (χ1) is 12.2. The van der Waals surface area contributed by atoms with Gasteiger partial charge in [0.25, 0.3) is 5.56 Å². The summed E-state index contributed by atoms with van der Waals surface area (Å²) in [6.07, 6.45) is 3.37. The predicted molar refractivity (Wildman–Crippen MR) is 95.2 cm³/mol. The Bertz CT molecular complexity index is 1130. The van der Waals surface area contributed by atoms with Crippen LogP contribution >= 0.6 is 0 Å². The summed E-state index contributed by atoms with van der Waals surface area (Å²) in [4.78, 5) is 17.7. The molecule has 2 heterocycles.